The molecule has 1 amide bonds. The Kier molecular flexibility index (Phi) is 2.06. The summed E-state index contributed by atoms with van der Waals surface area (Å²) in [7, 11) is 0. The number of carbonyl (C=O) groups is 1. The Morgan fingerprint density at radius 1 is 1.69 bits per heavy atom. The van der Waals surface area contributed by atoms with E-state index in [1.54, 1.807) is 11.0 Å². The van der Waals surface area contributed by atoms with E-state index in [9.17, 15) is 4.79 Å². The molecule has 0 spiro atoms. The maximum atomic E-state index is 11.7. The van der Waals surface area contributed by atoms with Crippen LogP contribution in [0.3, 0.4) is 0 Å². The van der Waals surface area contributed by atoms with E-state index in [2.05, 4.69) is 0 Å². The van der Waals surface area contributed by atoms with Crippen LogP contribution < -0.4 is 5.73 Å². The van der Waals surface area contributed by atoms with E-state index >= 15 is 0 Å². The van der Waals surface area contributed by atoms with Crippen LogP contribution in [0.2, 0.25) is 0 Å². The van der Waals surface area contributed by atoms with Crippen LogP contribution in [0.15, 0.2) is 23.0 Å². The summed E-state index contributed by atoms with van der Waals surface area (Å²) < 4.78 is 4.84. The van der Waals surface area contributed by atoms with Gasteiger partial charge in [-0.1, -0.05) is 0 Å². The van der Waals surface area contributed by atoms with E-state index in [1.165, 1.54) is 12.5 Å². The van der Waals surface area contributed by atoms with Gasteiger partial charge in [0.2, 0.25) is 0 Å². The summed E-state index contributed by atoms with van der Waals surface area (Å²) in [5.41, 5.74) is 6.30. The molecule has 0 saturated carbocycles. The fraction of sp³-hybridized carbons (Fsp3) is 0.444. The molecule has 1 unspecified atom stereocenters. The second-order valence-electron chi connectivity index (χ2n) is 3.31. The highest BCUT2D eigenvalue weighted by molar-refractivity contribution is 5.94. The minimum atomic E-state index is 0.0155. The molecular formula is C9H12N2O2. The zero-order valence-electron chi connectivity index (χ0n) is 7.27. The lowest BCUT2D eigenvalue weighted by Crippen LogP contribution is -2.31. The summed E-state index contributed by atoms with van der Waals surface area (Å²) in [6.45, 7) is 1.41. The van der Waals surface area contributed by atoms with Crippen molar-refractivity contribution in [2.24, 2.45) is 5.73 Å². The molecule has 1 aromatic heterocycles. The van der Waals surface area contributed by atoms with Crippen LogP contribution in [-0.2, 0) is 0 Å². The van der Waals surface area contributed by atoms with Crippen molar-refractivity contribution in [3.8, 4) is 0 Å². The standard InChI is InChI=1S/C9H12N2O2/c10-8-1-3-11(5-8)9(12)7-2-4-13-6-7/h2,4,6,8H,1,3,5,10H2. The Labute approximate surface area is 76.3 Å². The molecule has 1 atom stereocenters. The second-order valence-corrected chi connectivity index (χ2v) is 3.31. The van der Waals surface area contributed by atoms with Gasteiger partial charge in [0.1, 0.15) is 6.26 Å². The predicted molar refractivity (Wildman–Crippen MR) is 47.2 cm³/mol. The van der Waals surface area contributed by atoms with Crippen LogP contribution in [0.4, 0.5) is 0 Å². The first-order chi connectivity index (χ1) is 6.27. The van der Waals surface area contributed by atoms with Gasteiger partial charge in [-0.15, -0.1) is 0 Å². The predicted octanol–water partition coefficient (Wildman–Crippen LogP) is 0.453. The molecular weight excluding hydrogens is 168 g/mol. The Hall–Kier alpha value is -1.29. The summed E-state index contributed by atoms with van der Waals surface area (Å²) in [6.07, 6.45) is 3.86. The topological polar surface area (TPSA) is 59.5 Å². The highest BCUT2D eigenvalue weighted by Gasteiger charge is 2.24. The molecule has 4 nitrogen and oxygen atoms in total. The summed E-state index contributed by atoms with van der Waals surface area (Å²) in [5.74, 6) is 0.0155. The van der Waals surface area contributed by atoms with E-state index in [0.29, 0.717) is 12.1 Å². The van der Waals surface area contributed by atoms with Crippen molar-refractivity contribution in [2.45, 2.75) is 12.5 Å². The lowest BCUT2D eigenvalue weighted by molar-refractivity contribution is 0.0790. The van der Waals surface area contributed by atoms with Gasteiger partial charge >= 0.3 is 0 Å². The van der Waals surface area contributed by atoms with Gasteiger partial charge in [-0.2, -0.15) is 0 Å². The van der Waals surface area contributed by atoms with Gasteiger partial charge in [-0.3, -0.25) is 4.79 Å². The fourth-order valence-corrected chi connectivity index (χ4v) is 1.54. The molecule has 2 rings (SSSR count). The normalized spacial score (nSPS) is 22.2. The Balaban J connectivity index is 2.06. The third kappa shape index (κ3) is 1.58. The number of likely N-dealkylation sites (tertiary alicyclic amines) is 1. The van der Waals surface area contributed by atoms with Crippen LogP contribution >= 0.6 is 0 Å². The van der Waals surface area contributed by atoms with Gasteiger partial charge in [0.05, 0.1) is 11.8 Å². The second kappa shape index (κ2) is 3.22. The summed E-state index contributed by atoms with van der Waals surface area (Å²) in [5, 5.41) is 0. The number of rotatable bonds is 1. The number of nitrogens with zero attached hydrogens (tertiary/aromatic N) is 1. The van der Waals surface area contributed by atoms with Gasteiger partial charge in [-0.05, 0) is 12.5 Å². The largest absolute Gasteiger partial charge is 0.472 e. The van der Waals surface area contributed by atoms with Crippen molar-refractivity contribution in [3.63, 3.8) is 0 Å². The Bertz CT molecular complexity index is 295. The molecule has 0 aromatic carbocycles. The molecule has 4 heteroatoms. The minimum absolute atomic E-state index is 0.0155. The van der Waals surface area contributed by atoms with E-state index in [4.69, 9.17) is 10.2 Å². The number of nitrogens with two attached hydrogens (primary N) is 1. The zero-order chi connectivity index (χ0) is 9.26. The van der Waals surface area contributed by atoms with Crippen LogP contribution in [0, 0.1) is 0 Å². The molecule has 2 heterocycles. The highest BCUT2D eigenvalue weighted by atomic mass is 16.3. The molecule has 0 aliphatic carbocycles. The van der Waals surface area contributed by atoms with Gasteiger partial charge < -0.3 is 15.1 Å². The van der Waals surface area contributed by atoms with Crippen molar-refractivity contribution in [3.05, 3.63) is 24.2 Å². The maximum absolute atomic E-state index is 11.7. The van der Waals surface area contributed by atoms with Gasteiger partial charge in [0, 0.05) is 19.1 Å². The molecule has 1 aromatic rings. The first-order valence-corrected chi connectivity index (χ1v) is 4.34. The Morgan fingerprint density at radius 3 is 3.08 bits per heavy atom. The van der Waals surface area contributed by atoms with Gasteiger partial charge in [-0.25, -0.2) is 0 Å². The fourth-order valence-electron chi connectivity index (χ4n) is 1.54. The number of amides is 1. The third-order valence-corrected chi connectivity index (χ3v) is 2.28. The van der Waals surface area contributed by atoms with Crippen LogP contribution in [-0.4, -0.2) is 29.9 Å². The van der Waals surface area contributed by atoms with Gasteiger partial charge in [0.15, 0.2) is 0 Å². The molecule has 13 heavy (non-hydrogen) atoms. The van der Waals surface area contributed by atoms with Crippen molar-refractivity contribution < 1.29 is 9.21 Å². The van der Waals surface area contributed by atoms with E-state index < -0.39 is 0 Å². The van der Waals surface area contributed by atoms with Crippen molar-refractivity contribution in [1.29, 1.82) is 0 Å². The molecule has 0 bridgehead atoms. The molecule has 2 N–H and O–H groups in total. The first kappa shape index (κ1) is 8.31. The van der Waals surface area contributed by atoms with Crippen molar-refractivity contribution in [1.82, 2.24) is 4.90 Å². The zero-order valence-corrected chi connectivity index (χ0v) is 7.27. The summed E-state index contributed by atoms with van der Waals surface area (Å²) in [4.78, 5) is 13.4. The van der Waals surface area contributed by atoms with E-state index in [0.717, 1.165) is 13.0 Å². The summed E-state index contributed by atoms with van der Waals surface area (Å²) in [6, 6.07) is 1.81. The Morgan fingerprint density at radius 2 is 2.54 bits per heavy atom. The van der Waals surface area contributed by atoms with Crippen molar-refractivity contribution >= 4 is 5.91 Å². The van der Waals surface area contributed by atoms with E-state index in [-0.39, 0.29) is 11.9 Å². The first-order valence-electron chi connectivity index (χ1n) is 4.34. The van der Waals surface area contributed by atoms with Crippen LogP contribution in [0.25, 0.3) is 0 Å². The SMILES string of the molecule is NC1CCN(C(=O)c2ccoc2)C1. The lowest BCUT2D eigenvalue weighted by atomic mass is 10.3. The lowest BCUT2D eigenvalue weighted by Gasteiger charge is -2.13. The average molecular weight is 180 g/mol. The average Bonchev–Trinajstić information content (AvgIpc) is 2.72. The number of carbonyl (C=O) groups excluding carboxylic acids is 1. The van der Waals surface area contributed by atoms with Crippen molar-refractivity contribution in [2.75, 3.05) is 13.1 Å². The van der Waals surface area contributed by atoms with Crippen LogP contribution in [0.5, 0.6) is 0 Å². The molecule has 70 valence electrons. The number of hydrogen-bond donors (Lipinski definition) is 1. The molecule has 1 aliphatic rings. The molecule has 0 radical (unpaired) electrons. The summed E-state index contributed by atoms with van der Waals surface area (Å²) >= 11 is 0. The number of hydrogen-bond acceptors (Lipinski definition) is 3. The molecule has 1 saturated heterocycles. The third-order valence-electron chi connectivity index (χ3n) is 2.28. The number of furan rings is 1. The van der Waals surface area contributed by atoms with Gasteiger partial charge in [0.25, 0.3) is 5.91 Å². The monoisotopic (exact) mass is 180 g/mol. The minimum Gasteiger partial charge on any atom is -0.472 e. The maximum Gasteiger partial charge on any atom is 0.257 e. The highest BCUT2D eigenvalue weighted by Crippen LogP contribution is 2.12. The quantitative estimate of drug-likeness (QED) is 0.682. The molecule has 1 aliphatic heterocycles. The molecule has 1 fully saturated rings. The van der Waals surface area contributed by atoms with E-state index in [1.807, 2.05) is 0 Å². The van der Waals surface area contributed by atoms with Crippen LogP contribution in [0.1, 0.15) is 16.8 Å². The smallest absolute Gasteiger partial charge is 0.257 e.